The first-order chi connectivity index (χ1) is 13.2. The fourth-order valence-electron chi connectivity index (χ4n) is 4.21. The first kappa shape index (κ1) is 16.3. The summed E-state index contributed by atoms with van der Waals surface area (Å²) in [5.41, 5.74) is 1.52. The Hall–Kier alpha value is -2.93. The summed E-state index contributed by atoms with van der Waals surface area (Å²) in [7, 11) is 0. The van der Waals surface area contributed by atoms with Crippen molar-refractivity contribution >= 4 is 17.0 Å². The van der Waals surface area contributed by atoms with Gasteiger partial charge < -0.3 is 19.6 Å². The number of nitrogens with zero attached hydrogens (tertiary/aromatic N) is 2. The first-order valence-electron chi connectivity index (χ1n) is 9.30. The zero-order valence-corrected chi connectivity index (χ0v) is 14.8. The van der Waals surface area contributed by atoms with Gasteiger partial charge in [0.2, 0.25) is 5.89 Å². The molecular weight excluding hydrogens is 344 g/mol. The summed E-state index contributed by atoms with van der Waals surface area (Å²) < 4.78 is 5.75. The lowest BCUT2D eigenvalue weighted by Crippen LogP contribution is -2.57. The summed E-state index contributed by atoms with van der Waals surface area (Å²) in [6.45, 7) is 3.17. The number of pyridine rings is 1. The van der Waals surface area contributed by atoms with E-state index in [0.717, 1.165) is 32.5 Å². The van der Waals surface area contributed by atoms with Crippen molar-refractivity contribution in [1.82, 2.24) is 20.2 Å². The third kappa shape index (κ3) is 2.84. The number of H-pyrrole nitrogens is 1. The Kier molecular flexibility index (Phi) is 3.82. The van der Waals surface area contributed by atoms with E-state index in [1.807, 2.05) is 0 Å². The zero-order valence-electron chi connectivity index (χ0n) is 14.8. The molecule has 3 saturated heterocycles. The number of benzene rings is 1. The molecule has 3 fully saturated rings. The number of hydrogen-bond acceptors (Lipinski definition) is 5. The lowest BCUT2D eigenvalue weighted by atomic mass is 9.84. The molecule has 7 heteroatoms. The van der Waals surface area contributed by atoms with E-state index in [1.54, 1.807) is 36.5 Å². The molecule has 2 bridgehead atoms. The van der Waals surface area contributed by atoms with E-state index in [0.29, 0.717) is 28.1 Å². The minimum absolute atomic E-state index is 0.138. The van der Waals surface area contributed by atoms with Gasteiger partial charge in [-0.1, -0.05) is 6.07 Å². The smallest absolute Gasteiger partial charge is 0.260 e. The summed E-state index contributed by atoms with van der Waals surface area (Å²) in [5, 5.41) is 3.19. The van der Waals surface area contributed by atoms with Crippen molar-refractivity contribution in [2.45, 2.75) is 18.9 Å². The molecule has 0 saturated carbocycles. The molecule has 3 aliphatic heterocycles. The molecule has 0 radical (unpaired) electrons. The Morgan fingerprint density at radius 3 is 2.81 bits per heavy atom. The molecule has 1 atom stereocenters. The Bertz CT molecular complexity index is 1060. The van der Waals surface area contributed by atoms with E-state index in [1.165, 1.54) is 0 Å². The Morgan fingerprint density at radius 1 is 1.22 bits per heavy atom. The number of hydrogen-bond donors (Lipinski definition) is 2. The lowest BCUT2D eigenvalue weighted by molar-refractivity contribution is 0.0621. The van der Waals surface area contributed by atoms with Crippen LogP contribution in [0.3, 0.4) is 0 Å². The number of nitrogens with one attached hydrogen (secondary N) is 2. The van der Waals surface area contributed by atoms with Gasteiger partial charge in [-0.2, -0.15) is 0 Å². The third-order valence-electron chi connectivity index (χ3n) is 5.68. The minimum atomic E-state index is -0.276. The molecule has 1 aromatic carbocycles. The second kappa shape index (κ2) is 6.35. The van der Waals surface area contributed by atoms with E-state index in [2.05, 4.69) is 20.2 Å². The van der Waals surface area contributed by atoms with Gasteiger partial charge in [0, 0.05) is 18.8 Å². The van der Waals surface area contributed by atoms with Crippen LogP contribution in [0.1, 0.15) is 23.2 Å². The molecule has 138 valence electrons. The van der Waals surface area contributed by atoms with Crippen LogP contribution >= 0.6 is 0 Å². The van der Waals surface area contributed by atoms with Crippen molar-refractivity contribution in [2.75, 3.05) is 19.6 Å². The van der Waals surface area contributed by atoms with Crippen molar-refractivity contribution < 1.29 is 9.21 Å². The third-order valence-corrected chi connectivity index (χ3v) is 5.68. The molecule has 6 rings (SSSR count). The predicted molar refractivity (Wildman–Crippen MR) is 100 cm³/mol. The monoisotopic (exact) mass is 364 g/mol. The van der Waals surface area contributed by atoms with Crippen LogP contribution in [0.25, 0.3) is 22.6 Å². The number of rotatable bonds is 3. The molecule has 3 aromatic rings. The average molecular weight is 364 g/mol. The highest BCUT2D eigenvalue weighted by Crippen LogP contribution is 2.29. The van der Waals surface area contributed by atoms with E-state index in [9.17, 15) is 9.59 Å². The van der Waals surface area contributed by atoms with E-state index in [4.69, 9.17) is 4.42 Å². The molecule has 2 N–H and O–H groups in total. The van der Waals surface area contributed by atoms with Crippen LogP contribution in [-0.4, -0.2) is 46.5 Å². The fourth-order valence-corrected chi connectivity index (χ4v) is 4.21. The molecule has 27 heavy (non-hydrogen) atoms. The highest BCUT2D eigenvalue weighted by atomic mass is 16.3. The Labute approximate surface area is 155 Å². The summed E-state index contributed by atoms with van der Waals surface area (Å²) in [6, 6.07) is 8.83. The van der Waals surface area contributed by atoms with Crippen LogP contribution < -0.4 is 10.9 Å². The molecule has 1 amide bonds. The van der Waals surface area contributed by atoms with Gasteiger partial charge in [0.25, 0.3) is 11.5 Å². The standard InChI is InChI=1S/C20H20N4O3/c25-18-14(4-2-8-21-18)20-23-17-13(3-1-5-16(17)27-20)19(26)22-15-11-24-9-6-12(15)7-10-24/h1-5,8,12,15H,6-7,9-11H2,(H,21,25)(H,22,26)/t15-/m1/s1. The lowest BCUT2D eigenvalue weighted by Gasteiger charge is -2.44. The van der Waals surface area contributed by atoms with Crippen LogP contribution in [0.15, 0.2) is 45.7 Å². The summed E-state index contributed by atoms with van der Waals surface area (Å²) in [5.74, 6) is 0.630. The van der Waals surface area contributed by atoms with Crippen LogP contribution in [0.2, 0.25) is 0 Å². The average Bonchev–Trinajstić information content (AvgIpc) is 3.13. The van der Waals surface area contributed by atoms with Gasteiger partial charge in [-0.05, 0) is 56.1 Å². The van der Waals surface area contributed by atoms with E-state index < -0.39 is 0 Å². The molecule has 0 aliphatic carbocycles. The predicted octanol–water partition coefficient (Wildman–Crippen LogP) is 2.01. The van der Waals surface area contributed by atoms with Gasteiger partial charge in [0.15, 0.2) is 5.58 Å². The maximum atomic E-state index is 12.9. The van der Waals surface area contributed by atoms with Gasteiger partial charge >= 0.3 is 0 Å². The van der Waals surface area contributed by atoms with Crippen molar-refractivity contribution in [1.29, 1.82) is 0 Å². The molecule has 5 heterocycles. The maximum absolute atomic E-state index is 12.9. The quantitative estimate of drug-likeness (QED) is 0.742. The summed E-state index contributed by atoms with van der Waals surface area (Å²) in [4.78, 5) is 34.4. The Morgan fingerprint density at radius 2 is 2.07 bits per heavy atom. The summed E-state index contributed by atoms with van der Waals surface area (Å²) >= 11 is 0. The minimum Gasteiger partial charge on any atom is -0.436 e. The Balaban J connectivity index is 1.47. The second-order valence-electron chi connectivity index (χ2n) is 7.30. The topological polar surface area (TPSA) is 91.2 Å². The fraction of sp³-hybridized carbons (Fsp3) is 0.350. The largest absolute Gasteiger partial charge is 0.436 e. The van der Waals surface area contributed by atoms with Gasteiger partial charge in [-0.15, -0.1) is 0 Å². The number of amides is 1. The van der Waals surface area contributed by atoms with Crippen LogP contribution in [0, 0.1) is 5.92 Å². The van der Waals surface area contributed by atoms with Crippen molar-refractivity contribution in [3.63, 3.8) is 0 Å². The number of aromatic nitrogens is 2. The van der Waals surface area contributed by atoms with Crippen molar-refractivity contribution in [2.24, 2.45) is 5.92 Å². The zero-order chi connectivity index (χ0) is 18.4. The number of carbonyl (C=O) groups excluding carboxylic acids is 1. The SMILES string of the molecule is O=C(N[C@@H]1CN2CCC1CC2)c1cccc2oc(-c3ccc[nH]c3=O)nc12. The van der Waals surface area contributed by atoms with E-state index in [-0.39, 0.29) is 23.4 Å². The highest BCUT2D eigenvalue weighted by molar-refractivity contribution is 6.05. The normalized spacial score (nSPS) is 24.2. The van der Waals surface area contributed by atoms with Crippen molar-refractivity contribution in [3.8, 4) is 11.5 Å². The number of para-hydroxylation sites is 1. The summed E-state index contributed by atoms with van der Waals surface area (Å²) in [6.07, 6.45) is 3.83. The highest BCUT2D eigenvalue weighted by Gasteiger charge is 2.35. The van der Waals surface area contributed by atoms with Crippen LogP contribution in [0.5, 0.6) is 0 Å². The molecule has 7 nitrogen and oxygen atoms in total. The number of fused-ring (bicyclic) bond motifs is 4. The number of piperidine rings is 3. The molecule has 0 spiro atoms. The molecule has 3 aliphatic rings. The van der Waals surface area contributed by atoms with E-state index >= 15 is 0 Å². The van der Waals surface area contributed by atoms with Gasteiger partial charge in [0.1, 0.15) is 11.1 Å². The van der Waals surface area contributed by atoms with Crippen LogP contribution in [0.4, 0.5) is 0 Å². The second-order valence-corrected chi connectivity index (χ2v) is 7.30. The number of oxazole rings is 1. The van der Waals surface area contributed by atoms with Crippen molar-refractivity contribution in [3.05, 3.63) is 52.4 Å². The van der Waals surface area contributed by atoms with Gasteiger partial charge in [-0.25, -0.2) is 4.98 Å². The number of carbonyl (C=O) groups is 1. The number of aromatic amines is 1. The van der Waals surface area contributed by atoms with Gasteiger partial charge in [-0.3, -0.25) is 9.59 Å². The maximum Gasteiger partial charge on any atom is 0.260 e. The molecule has 2 aromatic heterocycles. The van der Waals surface area contributed by atoms with Gasteiger partial charge in [0.05, 0.1) is 5.56 Å². The molecular formula is C20H20N4O3. The molecule has 0 unspecified atom stereocenters. The first-order valence-corrected chi connectivity index (χ1v) is 9.30. The van der Waals surface area contributed by atoms with Crippen LogP contribution in [-0.2, 0) is 0 Å².